The molecule has 1 saturated heterocycles. The molecule has 144 valence electrons. The number of carbonyl (C=O) groups is 1. The van der Waals surface area contributed by atoms with Crippen LogP contribution in [-0.2, 0) is 14.8 Å². The molecule has 9 nitrogen and oxygen atoms in total. The molecule has 26 heavy (non-hydrogen) atoms. The maximum atomic E-state index is 12.3. The molecule has 1 aliphatic heterocycles. The van der Waals surface area contributed by atoms with Crippen molar-refractivity contribution in [3.8, 4) is 0 Å². The van der Waals surface area contributed by atoms with Crippen LogP contribution in [0.5, 0.6) is 0 Å². The Labute approximate surface area is 153 Å². The first-order valence-electron chi connectivity index (χ1n) is 8.48. The highest BCUT2D eigenvalue weighted by Gasteiger charge is 2.23. The van der Waals surface area contributed by atoms with E-state index in [0.29, 0.717) is 52.0 Å². The van der Waals surface area contributed by atoms with Crippen LogP contribution in [0.4, 0.5) is 11.4 Å². The summed E-state index contributed by atoms with van der Waals surface area (Å²) in [7, 11) is -3.22. The van der Waals surface area contributed by atoms with Gasteiger partial charge in [-0.3, -0.25) is 14.9 Å². The number of non-ortho nitro benzene ring substituents is 1. The fourth-order valence-corrected chi connectivity index (χ4v) is 3.68. The number of nitrogens with zero attached hydrogens (tertiary/aromatic N) is 3. The standard InChI is InChI=1S/C16H24N4O5S/c1-26(24,25)19-11-3-10-18(12-13-19)16(21)4-2-9-17-14-5-7-15(8-6-14)20(22)23/h5-8,17H,2-4,9-13H2,1H3. The van der Waals surface area contributed by atoms with E-state index >= 15 is 0 Å². The molecule has 0 unspecified atom stereocenters. The minimum absolute atomic E-state index is 0.0193. The van der Waals surface area contributed by atoms with Crippen molar-refractivity contribution in [2.24, 2.45) is 0 Å². The summed E-state index contributed by atoms with van der Waals surface area (Å²) < 4.78 is 24.6. The minimum atomic E-state index is -3.22. The molecule has 1 heterocycles. The van der Waals surface area contributed by atoms with E-state index < -0.39 is 14.9 Å². The average molecular weight is 384 g/mol. The molecule has 0 bridgehead atoms. The van der Waals surface area contributed by atoms with Crippen molar-refractivity contribution >= 4 is 27.3 Å². The van der Waals surface area contributed by atoms with Gasteiger partial charge in [-0.05, 0) is 25.0 Å². The zero-order chi connectivity index (χ0) is 19.2. The highest BCUT2D eigenvalue weighted by Crippen LogP contribution is 2.15. The van der Waals surface area contributed by atoms with Crippen LogP contribution in [0.15, 0.2) is 24.3 Å². The Morgan fingerprint density at radius 3 is 2.50 bits per heavy atom. The third-order valence-electron chi connectivity index (χ3n) is 4.25. The van der Waals surface area contributed by atoms with Gasteiger partial charge in [0.25, 0.3) is 5.69 Å². The third-order valence-corrected chi connectivity index (χ3v) is 5.55. The SMILES string of the molecule is CS(=O)(=O)N1CCCN(C(=O)CCCNc2ccc([N+](=O)[O-])cc2)CC1. The number of nitro groups is 1. The van der Waals surface area contributed by atoms with Crippen LogP contribution in [0.1, 0.15) is 19.3 Å². The first kappa shape index (κ1) is 20.1. The Balaban J connectivity index is 1.72. The van der Waals surface area contributed by atoms with E-state index in [2.05, 4.69) is 5.32 Å². The third kappa shape index (κ3) is 5.95. The van der Waals surface area contributed by atoms with E-state index in [-0.39, 0.29) is 11.6 Å². The Hall–Kier alpha value is -2.20. The maximum absolute atomic E-state index is 12.3. The second-order valence-corrected chi connectivity index (χ2v) is 8.21. The number of nitrogens with one attached hydrogen (secondary N) is 1. The second-order valence-electron chi connectivity index (χ2n) is 6.23. The monoisotopic (exact) mass is 384 g/mol. The van der Waals surface area contributed by atoms with Crippen LogP contribution in [0.2, 0.25) is 0 Å². The fraction of sp³-hybridized carbons (Fsp3) is 0.562. The number of rotatable bonds is 7. The number of carbonyl (C=O) groups excluding carboxylic acids is 1. The first-order chi connectivity index (χ1) is 12.3. The van der Waals surface area contributed by atoms with Gasteiger partial charge in [-0.2, -0.15) is 0 Å². The van der Waals surface area contributed by atoms with Gasteiger partial charge in [0.15, 0.2) is 0 Å². The van der Waals surface area contributed by atoms with Crippen molar-refractivity contribution in [2.45, 2.75) is 19.3 Å². The van der Waals surface area contributed by atoms with Crippen LogP contribution in [0, 0.1) is 10.1 Å². The van der Waals surface area contributed by atoms with Crippen molar-refractivity contribution in [3.05, 3.63) is 34.4 Å². The molecule has 0 aromatic heterocycles. The summed E-state index contributed by atoms with van der Waals surface area (Å²) in [4.78, 5) is 24.2. The van der Waals surface area contributed by atoms with E-state index in [0.717, 1.165) is 5.69 Å². The van der Waals surface area contributed by atoms with Crippen LogP contribution in [0.25, 0.3) is 0 Å². The number of nitro benzene ring substituents is 1. The zero-order valence-corrected chi connectivity index (χ0v) is 15.6. The van der Waals surface area contributed by atoms with E-state index in [1.54, 1.807) is 17.0 Å². The summed E-state index contributed by atoms with van der Waals surface area (Å²) in [5.74, 6) is 0.0193. The smallest absolute Gasteiger partial charge is 0.269 e. The Kier molecular flexibility index (Phi) is 6.92. The number of anilines is 1. The van der Waals surface area contributed by atoms with Gasteiger partial charge >= 0.3 is 0 Å². The van der Waals surface area contributed by atoms with E-state index in [1.807, 2.05) is 0 Å². The average Bonchev–Trinajstić information content (AvgIpc) is 2.85. The summed E-state index contributed by atoms with van der Waals surface area (Å²) >= 11 is 0. The van der Waals surface area contributed by atoms with Crippen molar-refractivity contribution in [1.29, 1.82) is 0 Å². The summed E-state index contributed by atoms with van der Waals surface area (Å²) in [5, 5.41) is 13.7. The second kappa shape index (κ2) is 8.95. The number of hydrogen-bond donors (Lipinski definition) is 1. The molecule has 0 aliphatic carbocycles. The van der Waals surface area contributed by atoms with Crippen molar-refractivity contribution in [2.75, 3.05) is 44.3 Å². The number of benzene rings is 1. The Morgan fingerprint density at radius 1 is 1.19 bits per heavy atom. The number of amides is 1. The number of sulfonamides is 1. The predicted molar refractivity (Wildman–Crippen MR) is 98.4 cm³/mol. The van der Waals surface area contributed by atoms with Crippen molar-refractivity contribution in [1.82, 2.24) is 9.21 Å². The molecule has 1 aliphatic rings. The molecule has 0 radical (unpaired) electrons. The molecule has 1 N–H and O–H groups in total. The van der Waals surface area contributed by atoms with Crippen molar-refractivity contribution < 1.29 is 18.1 Å². The van der Waals surface area contributed by atoms with Gasteiger partial charge in [0, 0.05) is 57.0 Å². The topological polar surface area (TPSA) is 113 Å². The zero-order valence-electron chi connectivity index (χ0n) is 14.8. The van der Waals surface area contributed by atoms with Gasteiger partial charge in [0.2, 0.25) is 15.9 Å². The van der Waals surface area contributed by atoms with Crippen LogP contribution >= 0.6 is 0 Å². The molecule has 1 fully saturated rings. The van der Waals surface area contributed by atoms with Gasteiger partial charge in [-0.15, -0.1) is 0 Å². The molecule has 10 heteroatoms. The fourth-order valence-electron chi connectivity index (χ4n) is 2.81. The summed E-state index contributed by atoms with van der Waals surface area (Å²) in [6, 6.07) is 6.12. The minimum Gasteiger partial charge on any atom is -0.385 e. The van der Waals surface area contributed by atoms with Gasteiger partial charge in [-0.25, -0.2) is 12.7 Å². The molecule has 1 aromatic rings. The number of hydrogen-bond acceptors (Lipinski definition) is 6. The molecule has 1 amide bonds. The van der Waals surface area contributed by atoms with Crippen LogP contribution < -0.4 is 5.32 Å². The van der Waals surface area contributed by atoms with Gasteiger partial charge in [-0.1, -0.05) is 0 Å². The lowest BCUT2D eigenvalue weighted by Gasteiger charge is -2.21. The lowest BCUT2D eigenvalue weighted by atomic mass is 10.2. The molecule has 0 spiro atoms. The lowest BCUT2D eigenvalue weighted by molar-refractivity contribution is -0.384. The molecular weight excluding hydrogens is 360 g/mol. The Bertz CT molecular complexity index is 736. The summed E-state index contributed by atoms with van der Waals surface area (Å²) in [5.41, 5.74) is 0.802. The first-order valence-corrected chi connectivity index (χ1v) is 10.3. The van der Waals surface area contributed by atoms with Crippen LogP contribution in [-0.4, -0.2) is 67.4 Å². The molecule has 1 aromatic carbocycles. The van der Waals surface area contributed by atoms with E-state index in [9.17, 15) is 23.3 Å². The molecule has 2 rings (SSSR count). The normalized spacial score (nSPS) is 16.1. The van der Waals surface area contributed by atoms with E-state index in [4.69, 9.17) is 0 Å². The van der Waals surface area contributed by atoms with Crippen LogP contribution in [0.3, 0.4) is 0 Å². The molecular formula is C16H24N4O5S. The highest BCUT2D eigenvalue weighted by atomic mass is 32.2. The van der Waals surface area contributed by atoms with Gasteiger partial charge < -0.3 is 10.2 Å². The summed E-state index contributed by atoms with van der Waals surface area (Å²) in [6.07, 6.45) is 2.83. The molecule has 0 saturated carbocycles. The Morgan fingerprint density at radius 2 is 1.88 bits per heavy atom. The lowest BCUT2D eigenvalue weighted by Crippen LogP contribution is -2.37. The largest absolute Gasteiger partial charge is 0.385 e. The highest BCUT2D eigenvalue weighted by molar-refractivity contribution is 7.88. The van der Waals surface area contributed by atoms with E-state index in [1.165, 1.54) is 22.7 Å². The summed E-state index contributed by atoms with van der Waals surface area (Å²) in [6.45, 7) is 2.35. The maximum Gasteiger partial charge on any atom is 0.269 e. The van der Waals surface area contributed by atoms with Crippen molar-refractivity contribution in [3.63, 3.8) is 0 Å². The van der Waals surface area contributed by atoms with Gasteiger partial charge in [0.1, 0.15) is 0 Å². The molecule has 0 atom stereocenters. The van der Waals surface area contributed by atoms with Gasteiger partial charge in [0.05, 0.1) is 11.2 Å². The quantitative estimate of drug-likeness (QED) is 0.430. The predicted octanol–water partition coefficient (Wildman–Crippen LogP) is 1.28.